The van der Waals surface area contributed by atoms with E-state index in [0.29, 0.717) is 23.4 Å². The molecule has 1 rings (SSSR count). The van der Waals surface area contributed by atoms with Gasteiger partial charge in [0.05, 0.1) is 22.9 Å². The molecular formula is C12H20N2O5S2. The summed E-state index contributed by atoms with van der Waals surface area (Å²) in [5.74, 6) is -0.170. The van der Waals surface area contributed by atoms with E-state index in [-0.39, 0.29) is 17.3 Å². The molecular weight excluding hydrogens is 316 g/mol. The van der Waals surface area contributed by atoms with Crippen LogP contribution in [0.3, 0.4) is 0 Å². The Hall–Kier alpha value is -1.16. The maximum absolute atomic E-state index is 11.9. The standard InChI is InChI=1S/C12H20N2O5S2/c1-4-19-5-6-20(15,16)14-12-9(2)7-11(8-10(12)3)21(13,17)18/h7-8,14H,4-6H2,1-3H3,(H2,13,17,18). The second-order valence-corrected chi connectivity index (χ2v) is 8.00. The lowest BCUT2D eigenvalue weighted by atomic mass is 10.1. The van der Waals surface area contributed by atoms with E-state index in [2.05, 4.69) is 4.72 Å². The molecule has 0 heterocycles. The van der Waals surface area contributed by atoms with Gasteiger partial charge in [-0.15, -0.1) is 0 Å². The summed E-state index contributed by atoms with van der Waals surface area (Å²) in [4.78, 5) is -0.0465. The van der Waals surface area contributed by atoms with Crippen molar-refractivity contribution in [3.63, 3.8) is 0 Å². The van der Waals surface area contributed by atoms with E-state index >= 15 is 0 Å². The fraction of sp³-hybridized carbons (Fsp3) is 0.500. The lowest BCUT2D eigenvalue weighted by molar-refractivity contribution is 0.163. The van der Waals surface area contributed by atoms with Crippen molar-refractivity contribution in [2.45, 2.75) is 25.7 Å². The second-order valence-electron chi connectivity index (χ2n) is 4.59. The van der Waals surface area contributed by atoms with E-state index in [1.54, 1.807) is 20.8 Å². The summed E-state index contributed by atoms with van der Waals surface area (Å²) >= 11 is 0. The third-order valence-corrected chi connectivity index (χ3v) is 4.90. The van der Waals surface area contributed by atoms with Crippen molar-refractivity contribution in [2.75, 3.05) is 23.7 Å². The Balaban J connectivity index is 3.05. The number of primary sulfonamides is 1. The number of nitrogens with one attached hydrogen (secondary N) is 1. The van der Waals surface area contributed by atoms with Gasteiger partial charge in [-0.25, -0.2) is 22.0 Å². The molecule has 0 atom stereocenters. The van der Waals surface area contributed by atoms with Gasteiger partial charge in [-0.05, 0) is 44.0 Å². The van der Waals surface area contributed by atoms with Crippen molar-refractivity contribution in [2.24, 2.45) is 5.14 Å². The average molecular weight is 336 g/mol. The van der Waals surface area contributed by atoms with Crippen LogP contribution in [-0.2, 0) is 24.8 Å². The van der Waals surface area contributed by atoms with Crippen LogP contribution in [0.2, 0.25) is 0 Å². The van der Waals surface area contributed by atoms with Crippen LogP contribution in [0.5, 0.6) is 0 Å². The second kappa shape index (κ2) is 6.73. The van der Waals surface area contributed by atoms with E-state index in [1.807, 2.05) is 0 Å². The molecule has 1 aromatic carbocycles. The molecule has 0 aliphatic rings. The topological polar surface area (TPSA) is 116 Å². The van der Waals surface area contributed by atoms with Crippen LogP contribution in [0.15, 0.2) is 17.0 Å². The minimum Gasteiger partial charge on any atom is -0.381 e. The van der Waals surface area contributed by atoms with Crippen LogP contribution in [-0.4, -0.2) is 35.8 Å². The largest absolute Gasteiger partial charge is 0.381 e. The summed E-state index contributed by atoms with van der Waals surface area (Å²) in [6, 6.07) is 2.67. The van der Waals surface area contributed by atoms with Gasteiger partial charge in [0, 0.05) is 6.61 Å². The molecule has 0 unspecified atom stereocenters. The molecule has 9 heteroatoms. The highest BCUT2D eigenvalue weighted by molar-refractivity contribution is 7.92. The molecule has 21 heavy (non-hydrogen) atoms. The maximum atomic E-state index is 11.9. The minimum atomic E-state index is -3.82. The quantitative estimate of drug-likeness (QED) is 0.712. The third-order valence-electron chi connectivity index (χ3n) is 2.79. The lowest BCUT2D eigenvalue weighted by Crippen LogP contribution is -2.21. The monoisotopic (exact) mass is 336 g/mol. The molecule has 0 amide bonds. The van der Waals surface area contributed by atoms with Crippen LogP contribution >= 0.6 is 0 Å². The van der Waals surface area contributed by atoms with Gasteiger partial charge in [0.25, 0.3) is 0 Å². The van der Waals surface area contributed by atoms with Crippen LogP contribution in [0.1, 0.15) is 18.1 Å². The van der Waals surface area contributed by atoms with Gasteiger partial charge in [-0.3, -0.25) is 4.72 Å². The summed E-state index contributed by atoms with van der Waals surface area (Å²) in [5.41, 5.74) is 1.33. The Morgan fingerprint density at radius 1 is 1.14 bits per heavy atom. The predicted octanol–water partition coefficient (Wildman–Crippen LogP) is 0.729. The summed E-state index contributed by atoms with van der Waals surface area (Å²) in [7, 11) is -7.38. The fourth-order valence-electron chi connectivity index (χ4n) is 1.77. The fourth-order valence-corrected chi connectivity index (χ4v) is 3.52. The third kappa shape index (κ3) is 5.27. The highest BCUT2D eigenvalue weighted by atomic mass is 32.2. The van der Waals surface area contributed by atoms with E-state index in [0.717, 1.165) is 0 Å². The smallest absolute Gasteiger partial charge is 0.238 e. The molecule has 0 aromatic heterocycles. The van der Waals surface area contributed by atoms with Crippen molar-refractivity contribution in [3.05, 3.63) is 23.3 Å². The van der Waals surface area contributed by atoms with Crippen LogP contribution < -0.4 is 9.86 Å². The zero-order chi connectivity index (χ0) is 16.3. The number of benzene rings is 1. The zero-order valence-corrected chi connectivity index (χ0v) is 13.8. The minimum absolute atomic E-state index is 0.0465. The van der Waals surface area contributed by atoms with Crippen molar-refractivity contribution in [3.8, 4) is 0 Å². The molecule has 0 fully saturated rings. The van der Waals surface area contributed by atoms with Crippen LogP contribution in [0, 0.1) is 13.8 Å². The van der Waals surface area contributed by atoms with E-state index < -0.39 is 20.0 Å². The van der Waals surface area contributed by atoms with Crippen molar-refractivity contribution in [1.82, 2.24) is 0 Å². The SMILES string of the molecule is CCOCCS(=O)(=O)Nc1c(C)cc(S(N)(=O)=O)cc1C. The summed E-state index contributed by atoms with van der Waals surface area (Å²) < 4.78 is 54.0. The van der Waals surface area contributed by atoms with E-state index in [1.165, 1.54) is 12.1 Å². The molecule has 3 N–H and O–H groups in total. The molecule has 0 aliphatic heterocycles. The number of hydrogen-bond donors (Lipinski definition) is 2. The van der Waals surface area contributed by atoms with Gasteiger partial charge < -0.3 is 4.74 Å². The first-order valence-electron chi connectivity index (χ1n) is 6.29. The Kier molecular flexibility index (Phi) is 5.74. The number of sulfonamides is 2. The highest BCUT2D eigenvalue weighted by Gasteiger charge is 2.17. The number of hydrogen-bond acceptors (Lipinski definition) is 5. The molecule has 0 bridgehead atoms. The molecule has 0 aliphatic carbocycles. The van der Waals surface area contributed by atoms with Gasteiger partial charge in [0.15, 0.2) is 0 Å². The Morgan fingerprint density at radius 3 is 2.10 bits per heavy atom. The van der Waals surface area contributed by atoms with E-state index in [4.69, 9.17) is 9.88 Å². The Bertz CT molecular complexity index is 688. The lowest BCUT2D eigenvalue weighted by Gasteiger charge is -2.14. The number of anilines is 1. The Morgan fingerprint density at radius 2 is 1.67 bits per heavy atom. The van der Waals surface area contributed by atoms with E-state index in [9.17, 15) is 16.8 Å². The molecule has 0 spiro atoms. The molecule has 120 valence electrons. The zero-order valence-electron chi connectivity index (χ0n) is 12.2. The first kappa shape index (κ1) is 17.9. The molecule has 1 aromatic rings. The normalized spacial score (nSPS) is 12.4. The average Bonchev–Trinajstić information content (AvgIpc) is 2.32. The van der Waals surface area contributed by atoms with Crippen molar-refractivity contribution in [1.29, 1.82) is 0 Å². The maximum Gasteiger partial charge on any atom is 0.238 e. The molecule has 0 radical (unpaired) electrons. The predicted molar refractivity (Wildman–Crippen MR) is 81.2 cm³/mol. The molecule has 7 nitrogen and oxygen atoms in total. The summed E-state index contributed by atoms with van der Waals surface area (Å²) in [6.07, 6.45) is 0. The van der Waals surface area contributed by atoms with Crippen molar-refractivity contribution >= 4 is 25.7 Å². The van der Waals surface area contributed by atoms with Gasteiger partial charge in [-0.2, -0.15) is 0 Å². The first-order valence-corrected chi connectivity index (χ1v) is 9.49. The van der Waals surface area contributed by atoms with Crippen LogP contribution in [0.4, 0.5) is 5.69 Å². The first-order chi connectivity index (χ1) is 9.57. The van der Waals surface area contributed by atoms with Gasteiger partial charge >= 0.3 is 0 Å². The molecule has 0 saturated heterocycles. The summed E-state index contributed by atoms with van der Waals surface area (Å²) in [5, 5.41) is 5.07. The summed E-state index contributed by atoms with van der Waals surface area (Å²) in [6.45, 7) is 5.54. The number of rotatable bonds is 7. The molecule has 0 saturated carbocycles. The van der Waals surface area contributed by atoms with Gasteiger partial charge in [0.2, 0.25) is 20.0 Å². The number of aryl methyl sites for hydroxylation is 2. The Labute approximate surface area is 125 Å². The number of ether oxygens (including phenoxy) is 1. The van der Waals surface area contributed by atoms with Crippen molar-refractivity contribution < 1.29 is 21.6 Å². The number of nitrogens with two attached hydrogens (primary N) is 1. The highest BCUT2D eigenvalue weighted by Crippen LogP contribution is 2.25. The van der Waals surface area contributed by atoms with Gasteiger partial charge in [-0.1, -0.05) is 0 Å². The van der Waals surface area contributed by atoms with Gasteiger partial charge in [0.1, 0.15) is 0 Å². The van der Waals surface area contributed by atoms with Crippen LogP contribution in [0.25, 0.3) is 0 Å².